The summed E-state index contributed by atoms with van der Waals surface area (Å²) in [5.41, 5.74) is 3.16. The minimum absolute atomic E-state index is 0.150. The van der Waals surface area contributed by atoms with E-state index in [1.165, 1.54) is 53.1 Å². The Morgan fingerprint density at radius 1 is 1.26 bits per heavy atom. The summed E-state index contributed by atoms with van der Waals surface area (Å²) in [5.74, 6) is 0.613. The highest BCUT2D eigenvalue weighted by Crippen LogP contribution is 2.39. The van der Waals surface area contributed by atoms with Gasteiger partial charge >= 0.3 is 6.09 Å². The van der Waals surface area contributed by atoms with Crippen LogP contribution in [0.25, 0.3) is 10.4 Å². The molecule has 1 aliphatic carbocycles. The minimum Gasteiger partial charge on any atom is -0.447 e. The van der Waals surface area contributed by atoms with E-state index in [2.05, 4.69) is 22.3 Å². The molecule has 1 N–H and O–H groups in total. The molecule has 2 fully saturated rings. The number of amides is 1. The van der Waals surface area contributed by atoms with E-state index < -0.39 is 6.09 Å². The lowest BCUT2D eigenvalue weighted by Gasteiger charge is -2.27. The van der Waals surface area contributed by atoms with Gasteiger partial charge in [0, 0.05) is 37.4 Å². The van der Waals surface area contributed by atoms with Crippen LogP contribution < -0.4 is 5.32 Å². The highest BCUT2D eigenvalue weighted by atomic mass is 32.1. The Kier molecular flexibility index (Phi) is 7.58. The number of benzene rings is 1. The normalized spacial score (nSPS) is 18.3. The van der Waals surface area contributed by atoms with Crippen LogP contribution in [0.4, 0.5) is 10.5 Å². The number of carbonyl (C=O) groups excluding carboxylic acids is 1. The lowest BCUT2D eigenvalue weighted by Crippen LogP contribution is -2.35. The maximum absolute atomic E-state index is 12.1. The molecule has 1 aliphatic heterocycles. The molecular weight excluding hydrogens is 410 g/mol. The number of thiazole rings is 1. The number of nitrogens with zero attached hydrogens (tertiary/aromatic N) is 2. The molecule has 31 heavy (non-hydrogen) atoms. The lowest BCUT2D eigenvalue weighted by atomic mass is 9.90. The molecular formula is C24H33N3O3S. The van der Waals surface area contributed by atoms with Gasteiger partial charge in [-0.2, -0.15) is 0 Å². The fourth-order valence-corrected chi connectivity index (χ4v) is 5.50. The van der Waals surface area contributed by atoms with Crippen molar-refractivity contribution >= 4 is 23.1 Å². The minimum atomic E-state index is -0.419. The monoisotopic (exact) mass is 443 g/mol. The maximum Gasteiger partial charge on any atom is 0.411 e. The molecule has 168 valence electrons. The van der Waals surface area contributed by atoms with Crippen molar-refractivity contribution in [1.29, 1.82) is 0 Å². The van der Waals surface area contributed by atoms with E-state index >= 15 is 0 Å². The van der Waals surface area contributed by atoms with Crippen molar-refractivity contribution in [2.75, 3.05) is 31.6 Å². The van der Waals surface area contributed by atoms with Crippen LogP contribution in [0.5, 0.6) is 0 Å². The van der Waals surface area contributed by atoms with E-state index in [4.69, 9.17) is 14.5 Å². The Morgan fingerprint density at radius 2 is 2.03 bits per heavy atom. The average Bonchev–Trinajstić information content (AvgIpc) is 3.25. The molecule has 2 aromatic rings. The first-order valence-corrected chi connectivity index (χ1v) is 12.3. The van der Waals surface area contributed by atoms with E-state index in [9.17, 15) is 4.79 Å². The molecule has 7 heteroatoms. The quantitative estimate of drug-likeness (QED) is 0.625. The predicted molar refractivity (Wildman–Crippen MR) is 125 cm³/mol. The smallest absolute Gasteiger partial charge is 0.411 e. The zero-order valence-electron chi connectivity index (χ0n) is 18.6. The van der Waals surface area contributed by atoms with Crippen molar-refractivity contribution in [2.24, 2.45) is 0 Å². The Balaban J connectivity index is 1.57. The number of aromatic nitrogens is 1. The summed E-state index contributed by atoms with van der Waals surface area (Å²) in [4.78, 5) is 20.5. The van der Waals surface area contributed by atoms with Gasteiger partial charge in [-0.1, -0.05) is 25.3 Å². The van der Waals surface area contributed by atoms with Crippen molar-refractivity contribution in [1.82, 2.24) is 9.88 Å². The Morgan fingerprint density at radius 3 is 2.77 bits per heavy atom. The van der Waals surface area contributed by atoms with Gasteiger partial charge in [0.2, 0.25) is 0 Å². The molecule has 0 atom stereocenters. The first-order valence-electron chi connectivity index (χ1n) is 11.5. The second-order valence-corrected chi connectivity index (χ2v) is 9.80. The molecule has 1 aromatic heterocycles. The van der Waals surface area contributed by atoms with Crippen LogP contribution in [-0.2, 0) is 16.0 Å². The maximum atomic E-state index is 12.1. The van der Waals surface area contributed by atoms with Crippen LogP contribution >= 0.6 is 11.3 Å². The fraction of sp³-hybridized carbons (Fsp3) is 0.583. The molecule has 6 nitrogen and oxygen atoms in total. The van der Waals surface area contributed by atoms with Gasteiger partial charge in [0.15, 0.2) is 0 Å². The van der Waals surface area contributed by atoms with Gasteiger partial charge in [-0.25, -0.2) is 9.78 Å². The van der Waals surface area contributed by atoms with Crippen molar-refractivity contribution in [3.05, 3.63) is 35.0 Å². The SMILES string of the molecule is CC(C)OC(=O)Nc1ccc(-c2cnc(C3CCCCC3)s2)c(CN2CCOCC2)c1. The summed E-state index contributed by atoms with van der Waals surface area (Å²) < 4.78 is 10.8. The number of hydrogen-bond acceptors (Lipinski definition) is 6. The number of rotatable bonds is 6. The molecule has 0 spiro atoms. The van der Waals surface area contributed by atoms with Gasteiger partial charge in [-0.15, -0.1) is 11.3 Å². The highest BCUT2D eigenvalue weighted by Gasteiger charge is 2.21. The molecule has 2 aliphatic rings. The zero-order chi connectivity index (χ0) is 21.6. The first kappa shape index (κ1) is 22.2. The van der Waals surface area contributed by atoms with Crippen LogP contribution in [0.1, 0.15) is 62.4 Å². The fourth-order valence-electron chi connectivity index (χ4n) is 4.35. The second kappa shape index (κ2) is 10.6. The molecule has 0 bridgehead atoms. The predicted octanol–water partition coefficient (Wildman–Crippen LogP) is 5.65. The van der Waals surface area contributed by atoms with E-state index in [1.807, 2.05) is 37.4 Å². The van der Waals surface area contributed by atoms with Crippen molar-refractivity contribution in [3.63, 3.8) is 0 Å². The number of ether oxygens (including phenoxy) is 2. The van der Waals surface area contributed by atoms with Crippen LogP contribution in [0, 0.1) is 0 Å². The topological polar surface area (TPSA) is 63.7 Å². The third kappa shape index (κ3) is 6.05. The summed E-state index contributed by atoms with van der Waals surface area (Å²) in [6.07, 6.45) is 7.96. The third-order valence-electron chi connectivity index (χ3n) is 5.94. The summed E-state index contributed by atoms with van der Waals surface area (Å²) in [6.45, 7) is 7.89. The molecule has 1 amide bonds. The van der Waals surface area contributed by atoms with E-state index in [0.29, 0.717) is 5.92 Å². The van der Waals surface area contributed by atoms with Gasteiger partial charge in [-0.3, -0.25) is 10.2 Å². The van der Waals surface area contributed by atoms with Gasteiger partial charge in [-0.05, 0) is 49.9 Å². The largest absolute Gasteiger partial charge is 0.447 e. The Labute approximate surface area is 189 Å². The van der Waals surface area contributed by atoms with Crippen molar-refractivity contribution in [3.8, 4) is 10.4 Å². The number of anilines is 1. The van der Waals surface area contributed by atoms with Crippen LogP contribution in [-0.4, -0.2) is 48.4 Å². The van der Waals surface area contributed by atoms with E-state index in [1.54, 1.807) is 0 Å². The molecule has 4 rings (SSSR count). The number of nitrogens with one attached hydrogen (secondary N) is 1. The highest BCUT2D eigenvalue weighted by molar-refractivity contribution is 7.15. The summed E-state index contributed by atoms with van der Waals surface area (Å²) in [5, 5.41) is 4.14. The van der Waals surface area contributed by atoms with Gasteiger partial charge in [0.25, 0.3) is 0 Å². The van der Waals surface area contributed by atoms with Crippen LogP contribution in [0.3, 0.4) is 0 Å². The molecule has 1 saturated carbocycles. The summed E-state index contributed by atoms with van der Waals surface area (Å²) in [6, 6.07) is 6.14. The van der Waals surface area contributed by atoms with Crippen LogP contribution in [0.15, 0.2) is 24.4 Å². The zero-order valence-corrected chi connectivity index (χ0v) is 19.4. The van der Waals surface area contributed by atoms with Crippen molar-refractivity contribution in [2.45, 2.75) is 64.5 Å². The van der Waals surface area contributed by atoms with Crippen molar-refractivity contribution < 1.29 is 14.3 Å². The second-order valence-electron chi connectivity index (χ2n) is 8.74. The standard InChI is InChI=1S/C24H33N3O3S/c1-17(2)30-24(28)26-20-8-9-21(19(14-20)16-27-10-12-29-13-11-27)22-15-25-23(31-22)18-6-4-3-5-7-18/h8-9,14-15,17-18H,3-7,10-13,16H2,1-2H3,(H,26,28). The number of morpholine rings is 1. The molecule has 2 heterocycles. The van der Waals surface area contributed by atoms with E-state index in [-0.39, 0.29) is 6.10 Å². The average molecular weight is 444 g/mol. The molecule has 0 radical (unpaired) electrons. The van der Waals surface area contributed by atoms with Gasteiger partial charge in [0.1, 0.15) is 0 Å². The summed E-state index contributed by atoms with van der Waals surface area (Å²) >= 11 is 1.83. The number of hydrogen-bond donors (Lipinski definition) is 1. The number of carbonyl (C=O) groups is 1. The molecule has 0 unspecified atom stereocenters. The molecule has 1 saturated heterocycles. The lowest BCUT2D eigenvalue weighted by molar-refractivity contribution is 0.0342. The summed E-state index contributed by atoms with van der Waals surface area (Å²) in [7, 11) is 0. The van der Waals surface area contributed by atoms with Crippen LogP contribution in [0.2, 0.25) is 0 Å². The van der Waals surface area contributed by atoms with E-state index in [0.717, 1.165) is 38.5 Å². The third-order valence-corrected chi connectivity index (χ3v) is 7.13. The first-order chi connectivity index (χ1) is 15.1. The molecule has 1 aromatic carbocycles. The van der Waals surface area contributed by atoms with Gasteiger partial charge in [0.05, 0.1) is 29.2 Å². The Hall–Kier alpha value is -1.96. The van der Waals surface area contributed by atoms with Gasteiger partial charge < -0.3 is 9.47 Å². The Bertz CT molecular complexity index is 871.